The summed E-state index contributed by atoms with van der Waals surface area (Å²) in [5, 5.41) is 10.9. The van der Waals surface area contributed by atoms with E-state index in [9.17, 15) is 14.9 Å². The third-order valence-corrected chi connectivity index (χ3v) is 4.87. The molecule has 8 heteroatoms. The summed E-state index contributed by atoms with van der Waals surface area (Å²) in [7, 11) is 0. The maximum Gasteiger partial charge on any atom is 0.410 e. The Hall–Kier alpha value is -2.35. The fraction of sp³-hybridized carbons (Fsp3) is 0.632. The minimum atomic E-state index is -0.528. The van der Waals surface area contributed by atoms with Gasteiger partial charge >= 0.3 is 6.09 Å². The number of anilines is 1. The van der Waals surface area contributed by atoms with Crippen molar-refractivity contribution in [3.63, 3.8) is 0 Å². The van der Waals surface area contributed by atoms with E-state index < -0.39 is 16.1 Å². The molecule has 1 unspecified atom stereocenters. The Balaban J connectivity index is 1.70. The predicted octanol–water partition coefficient (Wildman–Crippen LogP) is 3.20. The average Bonchev–Trinajstić information content (AvgIpc) is 2.60. The van der Waals surface area contributed by atoms with Crippen LogP contribution in [-0.4, -0.2) is 59.9 Å². The minimum Gasteiger partial charge on any atom is -0.444 e. The zero-order chi connectivity index (χ0) is 19.7. The molecule has 1 amide bonds. The molecule has 1 spiro atoms. The van der Waals surface area contributed by atoms with E-state index >= 15 is 0 Å². The largest absolute Gasteiger partial charge is 0.444 e. The molecular formula is C19H27N3O5. The van der Waals surface area contributed by atoms with Gasteiger partial charge in [-0.1, -0.05) is 0 Å². The fourth-order valence-electron chi connectivity index (χ4n) is 3.68. The van der Waals surface area contributed by atoms with E-state index in [4.69, 9.17) is 9.47 Å². The van der Waals surface area contributed by atoms with E-state index in [1.54, 1.807) is 17.0 Å². The van der Waals surface area contributed by atoms with Gasteiger partial charge in [-0.25, -0.2) is 4.79 Å². The highest BCUT2D eigenvalue weighted by Crippen LogP contribution is 2.32. The number of nitro groups is 1. The van der Waals surface area contributed by atoms with Crippen LogP contribution in [0.4, 0.5) is 16.2 Å². The molecule has 1 aromatic carbocycles. The summed E-state index contributed by atoms with van der Waals surface area (Å²) in [6, 6.07) is 6.58. The first kappa shape index (κ1) is 19.4. The molecule has 0 N–H and O–H groups in total. The molecule has 0 radical (unpaired) electrons. The topological polar surface area (TPSA) is 85.2 Å². The monoisotopic (exact) mass is 377 g/mol. The molecule has 27 heavy (non-hydrogen) atoms. The lowest BCUT2D eigenvalue weighted by Crippen LogP contribution is -2.61. The normalized spacial score (nSPS) is 23.4. The molecule has 2 fully saturated rings. The van der Waals surface area contributed by atoms with Crippen LogP contribution in [0.2, 0.25) is 0 Å². The van der Waals surface area contributed by atoms with Gasteiger partial charge in [0.05, 0.1) is 18.1 Å². The first-order valence-electron chi connectivity index (χ1n) is 9.29. The zero-order valence-electron chi connectivity index (χ0n) is 16.1. The number of non-ortho nitro benzene ring substituents is 1. The van der Waals surface area contributed by atoms with E-state index in [-0.39, 0.29) is 11.8 Å². The van der Waals surface area contributed by atoms with E-state index in [2.05, 4.69) is 4.90 Å². The van der Waals surface area contributed by atoms with Gasteiger partial charge < -0.3 is 19.3 Å². The number of hydrogen-bond acceptors (Lipinski definition) is 6. The van der Waals surface area contributed by atoms with Crippen molar-refractivity contribution in [2.24, 2.45) is 0 Å². The van der Waals surface area contributed by atoms with Crippen molar-refractivity contribution in [3.05, 3.63) is 34.4 Å². The molecule has 2 heterocycles. The number of nitro benzene ring substituents is 1. The Morgan fingerprint density at radius 1 is 1.22 bits per heavy atom. The maximum atomic E-state index is 12.5. The summed E-state index contributed by atoms with van der Waals surface area (Å²) in [5.41, 5.74) is 0.0443. The van der Waals surface area contributed by atoms with Crippen molar-refractivity contribution < 1.29 is 19.2 Å². The molecule has 0 aliphatic carbocycles. The van der Waals surface area contributed by atoms with Gasteiger partial charge in [-0.05, 0) is 45.7 Å². The molecular weight excluding hydrogens is 350 g/mol. The van der Waals surface area contributed by atoms with Crippen LogP contribution >= 0.6 is 0 Å². The van der Waals surface area contributed by atoms with E-state index in [1.807, 2.05) is 20.8 Å². The number of morpholine rings is 1. The van der Waals surface area contributed by atoms with Gasteiger partial charge in [-0.15, -0.1) is 0 Å². The summed E-state index contributed by atoms with van der Waals surface area (Å²) in [4.78, 5) is 26.8. The SMILES string of the molecule is CC(C)(C)OC(=O)N1CCCC2(C1)CN(c1ccc([N+](=O)[O-])cc1)CCO2. The van der Waals surface area contributed by atoms with Gasteiger partial charge in [0.1, 0.15) is 11.2 Å². The van der Waals surface area contributed by atoms with Crippen molar-refractivity contribution in [1.29, 1.82) is 0 Å². The minimum absolute atomic E-state index is 0.0792. The smallest absolute Gasteiger partial charge is 0.410 e. The number of likely N-dealkylation sites (tertiary alicyclic amines) is 1. The fourth-order valence-corrected chi connectivity index (χ4v) is 3.68. The predicted molar refractivity (Wildman–Crippen MR) is 101 cm³/mol. The van der Waals surface area contributed by atoms with Crippen LogP contribution in [0, 0.1) is 10.1 Å². The summed E-state index contributed by atoms with van der Waals surface area (Å²) >= 11 is 0. The lowest BCUT2D eigenvalue weighted by atomic mass is 9.90. The third-order valence-electron chi connectivity index (χ3n) is 4.87. The number of benzene rings is 1. The summed E-state index contributed by atoms with van der Waals surface area (Å²) in [6.45, 7) is 8.65. The highest BCUT2D eigenvalue weighted by atomic mass is 16.6. The van der Waals surface area contributed by atoms with E-state index in [1.165, 1.54) is 12.1 Å². The molecule has 0 saturated carbocycles. The lowest BCUT2D eigenvalue weighted by Gasteiger charge is -2.48. The molecule has 0 bridgehead atoms. The van der Waals surface area contributed by atoms with Crippen molar-refractivity contribution in [1.82, 2.24) is 4.90 Å². The van der Waals surface area contributed by atoms with Crippen molar-refractivity contribution in [3.8, 4) is 0 Å². The van der Waals surface area contributed by atoms with Crippen molar-refractivity contribution in [2.45, 2.75) is 44.8 Å². The molecule has 2 saturated heterocycles. The van der Waals surface area contributed by atoms with Crippen LogP contribution in [0.3, 0.4) is 0 Å². The standard InChI is InChI=1S/C19H27N3O5/c1-18(2,3)27-17(23)21-10-4-9-19(14-21)13-20(11-12-26-19)15-5-7-16(8-6-15)22(24)25/h5-8H,4,9-14H2,1-3H3. The molecule has 2 aliphatic heterocycles. The molecule has 148 valence electrons. The number of ether oxygens (including phenoxy) is 2. The van der Waals surface area contributed by atoms with Crippen LogP contribution in [0.5, 0.6) is 0 Å². The third kappa shape index (κ3) is 4.68. The molecule has 8 nitrogen and oxygen atoms in total. The summed E-state index contributed by atoms with van der Waals surface area (Å²) < 4.78 is 11.6. The van der Waals surface area contributed by atoms with Gasteiger partial charge in [0, 0.05) is 37.5 Å². The number of nitrogens with zero attached hydrogens (tertiary/aromatic N) is 3. The van der Waals surface area contributed by atoms with Gasteiger partial charge in [0.15, 0.2) is 0 Å². The lowest BCUT2D eigenvalue weighted by molar-refractivity contribution is -0.384. The first-order chi connectivity index (χ1) is 12.7. The average molecular weight is 377 g/mol. The van der Waals surface area contributed by atoms with E-state index in [0.29, 0.717) is 32.8 Å². The summed E-state index contributed by atoms with van der Waals surface area (Å²) in [6.07, 6.45) is 1.42. The van der Waals surface area contributed by atoms with Gasteiger partial charge in [-0.2, -0.15) is 0 Å². The highest BCUT2D eigenvalue weighted by Gasteiger charge is 2.42. The van der Waals surface area contributed by atoms with Crippen molar-refractivity contribution >= 4 is 17.5 Å². The maximum absolute atomic E-state index is 12.5. The van der Waals surface area contributed by atoms with Crippen LogP contribution < -0.4 is 4.90 Å². The Kier molecular flexibility index (Phi) is 5.28. The number of hydrogen-bond donors (Lipinski definition) is 0. The Bertz CT molecular complexity index is 696. The number of carbonyl (C=O) groups is 1. The zero-order valence-corrected chi connectivity index (χ0v) is 16.1. The Morgan fingerprint density at radius 3 is 2.56 bits per heavy atom. The number of piperidine rings is 1. The summed E-state index contributed by atoms with van der Waals surface area (Å²) in [5.74, 6) is 0. The van der Waals surface area contributed by atoms with Crippen LogP contribution in [0.15, 0.2) is 24.3 Å². The molecule has 0 aromatic heterocycles. The van der Waals surface area contributed by atoms with Gasteiger partial charge in [0.25, 0.3) is 5.69 Å². The van der Waals surface area contributed by atoms with Crippen molar-refractivity contribution in [2.75, 3.05) is 37.7 Å². The van der Waals surface area contributed by atoms with E-state index in [0.717, 1.165) is 18.5 Å². The molecule has 1 aromatic rings. The molecule has 2 aliphatic rings. The van der Waals surface area contributed by atoms with Gasteiger partial charge in [0.2, 0.25) is 0 Å². The number of carbonyl (C=O) groups excluding carboxylic acids is 1. The second kappa shape index (κ2) is 7.34. The van der Waals surface area contributed by atoms with Crippen LogP contribution in [0.1, 0.15) is 33.6 Å². The second-order valence-electron chi connectivity index (χ2n) is 8.23. The number of amides is 1. The van der Waals surface area contributed by atoms with Gasteiger partial charge in [-0.3, -0.25) is 10.1 Å². The quantitative estimate of drug-likeness (QED) is 0.581. The second-order valence-corrected chi connectivity index (χ2v) is 8.23. The Morgan fingerprint density at radius 2 is 1.93 bits per heavy atom. The molecule has 1 atom stereocenters. The molecule has 3 rings (SSSR count). The van der Waals surface area contributed by atoms with Crippen LogP contribution in [0.25, 0.3) is 0 Å². The van der Waals surface area contributed by atoms with Crippen LogP contribution in [-0.2, 0) is 9.47 Å². The number of rotatable bonds is 2. The highest BCUT2D eigenvalue weighted by molar-refractivity contribution is 5.68. The first-order valence-corrected chi connectivity index (χ1v) is 9.29. The Labute approximate surface area is 159 Å².